The van der Waals surface area contributed by atoms with E-state index in [1.165, 1.54) is 11.1 Å². The minimum absolute atomic E-state index is 0.503. The summed E-state index contributed by atoms with van der Waals surface area (Å²) in [5.41, 5.74) is 8.50. The molecular formula is C24H26N2O2. The molecule has 0 heterocycles. The molecule has 0 aromatic heterocycles. The number of hydrogen-bond donors (Lipinski definition) is 1. The van der Waals surface area contributed by atoms with Gasteiger partial charge in [-0.15, -0.1) is 0 Å². The normalized spacial score (nSPS) is 10.8. The van der Waals surface area contributed by atoms with Crippen LogP contribution in [-0.2, 0) is 6.61 Å². The third-order valence-corrected chi connectivity index (χ3v) is 4.24. The van der Waals surface area contributed by atoms with E-state index in [0.29, 0.717) is 19.0 Å². The van der Waals surface area contributed by atoms with Gasteiger partial charge < -0.3 is 9.47 Å². The largest absolute Gasteiger partial charge is 0.490 e. The molecule has 3 aromatic rings. The lowest BCUT2D eigenvalue weighted by molar-refractivity contribution is 0.269. The second-order valence-corrected chi connectivity index (χ2v) is 6.65. The van der Waals surface area contributed by atoms with Gasteiger partial charge in [0.15, 0.2) is 11.5 Å². The Hall–Kier alpha value is -3.27. The van der Waals surface area contributed by atoms with E-state index in [-0.39, 0.29) is 0 Å². The van der Waals surface area contributed by atoms with Gasteiger partial charge in [-0.3, -0.25) is 5.43 Å². The minimum atomic E-state index is 0.503. The van der Waals surface area contributed by atoms with Crippen molar-refractivity contribution in [3.63, 3.8) is 0 Å². The Morgan fingerprint density at radius 2 is 1.50 bits per heavy atom. The predicted octanol–water partition coefficient (Wildman–Crippen LogP) is 5.73. The number of nitrogens with zero attached hydrogens (tertiary/aromatic N) is 1. The summed E-state index contributed by atoms with van der Waals surface area (Å²) in [7, 11) is 0. The Labute approximate surface area is 166 Å². The van der Waals surface area contributed by atoms with Crippen molar-refractivity contribution in [3.8, 4) is 11.5 Å². The summed E-state index contributed by atoms with van der Waals surface area (Å²) in [4.78, 5) is 0. The monoisotopic (exact) mass is 374 g/mol. The molecule has 4 heteroatoms. The van der Waals surface area contributed by atoms with E-state index in [4.69, 9.17) is 9.47 Å². The number of nitrogens with one attached hydrogen (secondary N) is 1. The van der Waals surface area contributed by atoms with E-state index in [0.717, 1.165) is 22.6 Å². The van der Waals surface area contributed by atoms with Crippen LogP contribution in [0, 0.1) is 13.8 Å². The van der Waals surface area contributed by atoms with Crippen LogP contribution in [0.3, 0.4) is 0 Å². The first-order valence-electron chi connectivity index (χ1n) is 9.45. The molecule has 0 aliphatic heterocycles. The van der Waals surface area contributed by atoms with Crippen LogP contribution in [0.25, 0.3) is 0 Å². The fourth-order valence-electron chi connectivity index (χ4n) is 2.65. The maximum absolute atomic E-state index is 5.97. The molecule has 144 valence electrons. The summed E-state index contributed by atoms with van der Waals surface area (Å²) in [6.07, 6.45) is 1.77. The highest BCUT2D eigenvalue weighted by molar-refractivity contribution is 5.81. The lowest BCUT2D eigenvalue weighted by Gasteiger charge is -2.13. The number of benzene rings is 3. The molecule has 3 rings (SSSR count). The van der Waals surface area contributed by atoms with Gasteiger partial charge in [-0.2, -0.15) is 5.10 Å². The summed E-state index contributed by atoms with van der Waals surface area (Å²) in [6.45, 7) is 7.17. The molecule has 28 heavy (non-hydrogen) atoms. The van der Waals surface area contributed by atoms with E-state index >= 15 is 0 Å². The van der Waals surface area contributed by atoms with Gasteiger partial charge >= 0.3 is 0 Å². The van der Waals surface area contributed by atoms with E-state index in [1.807, 2.05) is 49.4 Å². The quantitative estimate of drug-likeness (QED) is 0.405. The number of rotatable bonds is 8. The van der Waals surface area contributed by atoms with Gasteiger partial charge in [0.2, 0.25) is 0 Å². The van der Waals surface area contributed by atoms with Gasteiger partial charge in [0.05, 0.1) is 18.5 Å². The average Bonchev–Trinajstić information content (AvgIpc) is 2.70. The van der Waals surface area contributed by atoms with Crippen LogP contribution in [-0.4, -0.2) is 12.8 Å². The van der Waals surface area contributed by atoms with Gasteiger partial charge in [0.1, 0.15) is 6.61 Å². The second-order valence-electron chi connectivity index (χ2n) is 6.65. The molecule has 0 atom stereocenters. The Bertz CT molecular complexity index is 916. The summed E-state index contributed by atoms with van der Waals surface area (Å²) >= 11 is 0. The van der Waals surface area contributed by atoms with Crippen LogP contribution in [0.4, 0.5) is 5.69 Å². The SMILES string of the molecule is CCOc1cc(/C=N/Nc2ccc(C)cc2)ccc1OCc1ccc(C)cc1. The molecule has 3 aromatic carbocycles. The summed E-state index contributed by atoms with van der Waals surface area (Å²) in [5, 5.41) is 4.30. The smallest absolute Gasteiger partial charge is 0.161 e. The van der Waals surface area contributed by atoms with Gasteiger partial charge in [0, 0.05) is 0 Å². The van der Waals surface area contributed by atoms with Crippen LogP contribution >= 0.6 is 0 Å². The first kappa shape index (κ1) is 19.5. The van der Waals surface area contributed by atoms with Crippen LogP contribution in [0.15, 0.2) is 71.8 Å². The zero-order chi connectivity index (χ0) is 19.8. The number of hydrazone groups is 1. The topological polar surface area (TPSA) is 42.8 Å². The van der Waals surface area contributed by atoms with Crippen molar-refractivity contribution >= 4 is 11.9 Å². The van der Waals surface area contributed by atoms with Crippen molar-refractivity contribution in [2.75, 3.05) is 12.0 Å². The van der Waals surface area contributed by atoms with E-state index in [9.17, 15) is 0 Å². The van der Waals surface area contributed by atoms with Crippen LogP contribution in [0.1, 0.15) is 29.2 Å². The van der Waals surface area contributed by atoms with Gasteiger partial charge in [-0.1, -0.05) is 47.5 Å². The highest BCUT2D eigenvalue weighted by Gasteiger charge is 2.06. The molecule has 0 fully saturated rings. The number of ether oxygens (including phenoxy) is 2. The highest BCUT2D eigenvalue weighted by atomic mass is 16.5. The van der Waals surface area contributed by atoms with E-state index in [2.05, 4.69) is 48.6 Å². The maximum atomic E-state index is 5.97. The molecule has 0 unspecified atom stereocenters. The van der Waals surface area contributed by atoms with Gasteiger partial charge in [-0.05, 0) is 62.2 Å². The third-order valence-electron chi connectivity index (χ3n) is 4.24. The van der Waals surface area contributed by atoms with Crippen molar-refractivity contribution in [1.82, 2.24) is 0 Å². The Morgan fingerprint density at radius 1 is 0.821 bits per heavy atom. The molecule has 0 spiro atoms. The van der Waals surface area contributed by atoms with Crippen molar-refractivity contribution in [2.45, 2.75) is 27.4 Å². The molecule has 0 saturated heterocycles. The maximum Gasteiger partial charge on any atom is 0.161 e. The van der Waals surface area contributed by atoms with Crippen molar-refractivity contribution < 1.29 is 9.47 Å². The van der Waals surface area contributed by atoms with Crippen LogP contribution in [0.5, 0.6) is 11.5 Å². The molecule has 1 N–H and O–H groups in total. The number of hydrogen-bond acceptors (Lipinski definition) is 4. The highest BCUT2D eigenvalue weighted by Crippen LogP contribution is 2.29. The van der Waals surface area contributed by atoms with Crippen molar-refractivity contribution in [2.24, 2.45) is 5.10 Å². The summed E-state index contributed by atoms with van der Waals surface area (Å²) in [6, 6.07) is 22.2. The Balaban J connectivity index is 1.66. The Morgan fingerprint density at radius 3 is 2.18 bits per heavy atom. The molecular weight excluding hydrogens is 348 g/mol. The lowest BCUT2D eigenvalue weighted by atomic mass is 10.2. The fraction of sp³-hybridized carbons (Fsp3) is 0.208. The van der Waals surface area contributed by atoms with Gasteiger partial charge in [-0.25, -0.2) is 0 Å². The standard InChI is InChI=1S/C24H26N2O2/c1-4-27-24-15-21(16-25-26-22-12-7-19(3)8-13-22)11-14-23(24)28-17-20-9-5-18(2)6-10-20/h5-16,26H,4,17H2,1-3H3/b25-16+. The molecule has 0 aliphatic rings. The average molecular weight is 374 g/mol. The third kappa shape index (κ3) is 5.61. The molecule has 0 bridgehead atoms. The number of aryl methyl sites for hydroxylation is 2. The summed E-state index contributed by atoms with van der Waals surface area (Å²) in [5.74, 6) is 1.44. The second kappa shape index (κ2) is 9.60. The zero-order valence-corrected chi connectivity index (χ0v) is 16.6. The van der Waals surface area contributed by atoms with Crippen molar-refractivity contribution in [3.05, 3.63) is 89.0 Å². The fourth-order valence-corrected chi connectivity index (χ4v) is 2.65. The van der Waals surface area contributed by atoms with E-state index in [1.54, 1.807) is 6.21 Å². The first-order valence-corrected chi connectivity index (χ1v) is 9.45. The molecule has 0 radical (unpaired) electrons. The molecule has 4 nitrogen and oxygen atoms in total. The Kier molecular flexibility index (Phi) is 6.68. The predicted molar refractivity (Wildman–Crippen MR) is 116 cm³/mol. The van der Waals surface area contributed by atoms with E-state index < -0.39 is 0 Å². The van der Waals surface area contributed by atoms with Crippen LogP contribution < -0.4 is 14.9 Å². The van der Waals surface area contributed by atoms with Crippen LogP contribution in [0.2, 0.25) is 0 Å². The molecule has 0 amide bonds. The first-order chi connectivity index (χ1) is 13.6. The minimum Gasteiger partial charge on any atom is -0.490 e. The lowest BCUT2D eigenvalue weighted by Crippen LogP contribution is -2.00. The number of anilines is 1. The summed E-state index contributed by atoms with van der Waals surface area (Å²) < 4.78 is 11.7. The van der Waals surface area contributed by atoms with Gasteiger partial charge in [0.25, 0.3) is 0 Å². The molecule has 0 saturated carbocycles. The molecule has 0 aliphatic carbocycles. The van der Waals surface area contributed by atoms with Crippen molar-refractivity contribution in [1.29, 1.82) is 0 Å². The zero-order valence-electron chi connectivity index (χ0n) is 16.6.